The van der Waals surface area contributed by atoms with Crippen molar-refractivity contribution in [2.75, 3.05) is 5.32 Å². The Hall–Kier alpha value is -2.66. The first kappa shape index (κ1) is 22.4. The molecule has 1 aromatic heterocycles. The van der Waals surface area contributed by atoms with E-state index in [0.717, 1.165) is 5.56 Å². The molecule has 0 aliphatic carbocycles. The van der Waals surface area contributed by atoms with Crippen molar-refractivity contribution in [2.45, 2.75) is 25.6 Å². The fraction of sp³-hybridized carbons (Fsp3) is 0.333. The molecule has 148 valence electrons. The van der Waals surface area contributed by atoms with E-state index in [1.807, 2.05) is 18.2 Å². The number of nitrogens with zero attached hydrogens (tertiary/aromatic N) is 3. The van der Waals surface area contributed by atoms with Gasteiger partial charge in [0, 0.05) is 12.1 Å². The lowest BCUT2D eigenvalue weighted by molar-refractivity contribution is -0.192. The van der Waals surface area contributed by atoms with Gasteiger partial charge in [0.1, 0.15) is 5.82 Å². The molecule has 1 unspecified atom stereocenters. The Morgan fingerprint density at radius 2 is 1.89 bits per heavy atom. The van der Waals surface area contributed by atoms with Gasteiger partial charge >= 0.3 is 12.1 Å². The number of carbonyl (C=O) groups excluding carboxylic acids is 1. The molecule has 0 saturated carbocycles. The average Bonchev–Trinajstić information content (AvgIpc) is 2.88. The van der Waals surface area contributed by atoms with Gasteiger partial charge in [-0.25, -0.2) is 4.79 Å². The number of nitrogens with two attached hydrogens (primary N) is 1. The predicted molar refractivity (Wildman–Crippen MR) is 91.2 cm³/mol. The Kier molecular flexibility index (Phi) is 7.73. The second kappa shape index (κ2) is 9.33. The van der Waals surface area contributed by atoms with E-state index in [1.54, 1.807) is 24.6 Å². The highest BCUT2D eigenvalue weighted by atomic mass is 35.5. The van der Waals surface area contributed by atoms with Gasteiger partial charge in [0.25, 0.3) is 0 Å². The van der Waals surface area contributed by atoms with Gasteiger partial charge in [0.15, 0.2) is 0 Å². The van der Waals surface area contributed by atoms with Crippen molar-refractivity contribution in [3.63, 3.8) is 0 Å². The molecule has 2 aromatic rings. The summed E-state index contributed by atoms with van der Waals surface area (Å²) in [4.78, 5) is 20.9. The quantitative estimate of drug-likeness (QED) is 0.711. The maximum absolute atomic E-state index is 12.0. The summed E-state index contributed by atoms with van der Waals surface area (Å²) < 4.78 is 33.4. The van der Waals surface area contributed by atoms with E-state index >= 15 is 0 Å². The first-order chi connectivity index (χ1) is 12.4. The summed E-state index contributed by atoms with van der Waals surface area (Å²) in [6.07, 6.45) is -4.72. The Morgan fingerprint density at radius 3 is 2.33 bits per heavy atom. The number of aliphatic carboxylic acids is 1. The van der Waals surface area contributed by atoms with Crippen molar-refractivity contribution in [1.29, 1.82) is 0 Å². The lowest BCUT2D eigenvalue weighted by Crippen LogP contribution is -2.38. The summed E-state index contributed by atoms with van der Waals surface area (Å²) >= 11 is 6.05. The highest BCUT2D eigenvalue weighted by molar-refractivity contribution is 6.31. The lowest BCUT2D eigenvalue weighted by atomic mass is 10.1. The van der Waals surface area contributed by atoms with Crippen LogP contribution in [0, 0.1) is 6.92 Å². The number of benzene rings is 1. The van der Waals surface area contributed by atoms with Crippen LogP contribution in [0.25, 0.3) is 0 Å². The zero-order chi connectivity index (χ0) is 20.8. The van der Waals surface area contributed by atoms with Crippen molar-refractivity contribution in [3.05, 3.63) is 40.7 Å². The molecule has 1 heterocycles. The van der Waals surface area contributed by atoms with E-state index < -0.39 is 18.2 Å². The Labute approximate surface area is 157 Å². The molecule has 0 spiro atoms. The Balaban J connectivity index is 0.000000445. The van der Waals surface area contributed by atoms with E-state index in [9.17, 15) is 18.0 Å². The Morgan fingerprint density at radius 1 is 1.33 bits per heavy atom. The number of alkyl halides is 3. The molecule has 1 atom stereocenters. The number of carbonyl (C=O) groups is 2. The van der Waals surface area contributed by atoms with Crippen LogP contribution in [-0.4, -0.2) is 44.0 Å². The minimum absolute atomic E-state index is 0.319. The molecule has 0 fully saturated rings. The monoisotopic (exact) mass is 407 g/mol. The molecule has 0 aliphatic rings. The third kappa shape index (κ3) is 6.87. The number of aromatic nitrogens is 3. The highest BCUT2D eigenvalue weighted by Gasteiger charge is 2.38. The topological polar surface area (TPSA) is 123 Å². The molecule has 27 heavy (non-hydrogen) atoms. The minimum Gasteiger partial charge on any atom is -0.475 e. The fourth-order valence-corrected chi connectivity index (χ4v) is 1.93. The van der Waals surface area contributed by atoms with Crippen LogP contribution < -0.4 is 11.1 Å². The van der Waals surface area contributed by atoms with Gasteiger partial charge in [0.05, 0.1) is 6.04 Å². The number of halogens is 4. The van der Waals surface area contributed by atoms with Crippen LogP contribution in [0.15, 0.2) is 24.3 Å². The van der Waals surface area contributed by atoms with Gasteiger partial charge in [-0.2, -0.15) is 13.2 Å². The van der Waals surface area contributed by atoms with Crippen molar-refractivity contribution < 1.29 is 27.9 Å². The van der Waals surface area contributed by atoms with Gasteiger partial charge in [-0.15, -0.1) is 10.2 Å². The molecule has 0 saturated heterocycles. The number of amides is 1. The van der Waals surface area contributed by atoms with E-state index in [4.69, 9.17) is 27.2 Å². The molecule has 1 aromatic carbocycles. The number of carboxylic acids is 1. The second-order valence-electron chi connectivity index (χ2n) is 5.32. The van der Waals surface area contributed by atoms with Gasteiger partial charge < -0.3 is 15.4 Å². The van der Waals surface area contributed by atoms with Crippen LogP contribution in [0.4, 0.5) is 19.1 Å². The summed E-state index contributed by atoms with van der Waals surface area (Å²) in [6.45, 7) is 1.80. The summed E-state index contributed by atoms with van der Waals surface area (Å²) in [6, 6.07) is 6.61. The smallest absolute Gasteiger partial charge is 0.475 e. The van der Waals surface area contributed by atoms with Crippen LogP contribution in [-0.2, 0) is 23.1 Å². The number of anilines is 1. The first-order valence-corrected chi connectivity index (χ1v) is 7.77. The molecule has 12 heteroatoms. The average molecular weight is 408 g/mol. The molecule has 8 nitrogen and oxygen atoms in total. The Bertz CT molecular complexity index is 810. The predicted octanol–water partition coefficient (Wildman–Crippen LogP) is 1.92. The van der Waals surface area contributed by atoms with E-state index in [1.165, 1.54) is 0 Å². The first-order valence-electron chi connectivity index (χ1n) is 7.39. The van der Waals surface area contributed by atoms with Gasteiger partial charge in [-0.05, 0) is 25.0 Å². The molecule has 1 amide bonds. The summed E-state index contributed by atoms with van der Waals surface area (Å²) in [7, 11) is 1.77. The van der Waals surface area contributed by atoms with E-state index in [-0.39, 0.29) is 5.91 Å². The van der Waals surface area contributed by atoms with Crippen molar-refractivity contribution in [1.82, 2.24) is 14.8 Å². The standard InChI is InChI=1S/C13H16ClN5O.C2HF3O2/c1-8-17-18-13(19(8)2)16-12(20)11(15)7-9-5-3-4-6-10(9)14;3-2(4,5)1(6)7/h3-6,11H,7,15H2,1-2H3,(H,16,18,20);(H,6,7). The summed E-state index contributed by atoms with van der Waals surface area (Å²) in [5.74, 6) is -1.99. The van der Waals surface area contributed by atoms with Crippen LogP contribution in [0.3, 0.4) is 0 Å². The number of hydrogen-bond acceptors (Lipinski definition) is 5. The maximum atomic E-state index is 12.0. The number of nitrogens with one attached hydrogen (secondary N) is 1. The van der Waals surface area contributed by atoms with Crippen molar-refractivity contribution in [2.24, 2.45) is 12.8 Å². The fourth-order valence-electron chi connectivity index (χ4n) is 1.71. The van der Waals surface area contributed by atoms with Crippen LogP contribution in [0.2, 0.25) is 5.02 Å². The van der Waals surface area contributed by atoms with Crippen molar-refractivity contribution in [3.8, 4) is 0 Å². The van der Waals surface area contributed by atoms with E-state index in [0.29, 0.717) is 23.2 Å². The molecule has 0 radical (unpaired) electrons. The minimum atomic E-state index is -5.08. The number of aryl methyl sites for hydroxylation is 1. The van der Waals surface area contributed by atoms with Crippen LogP contribution in [0.1, 0.15) is 11.4 Å². The number of hydrogen-bond donors (Lipinski definition) is 3. The SMILES string of the molecule is Cc1nnc(NC(=O)C(N)Cc2ccccc2Cl)n1C.O=C(O)C(F)(F)F. The maximum Gasteiger partial charge on any atom is 0.490 e. The molecular weight excluding hydrogens is 391 g/mol. The largest absolute Gasteiger partial charge is 0.490 e. The van der Waals surface area contributed by atoms with Crippen LogP contribution in [0.5, 0.6) is 0 Å². The van der Waals surface area contributed by atoms with Gasteiger partial charge in [-0.1, -0.05) is 29.8 Å². The molecule has 0 bridgehead atoms. The van der Waals surface area contributed by atoms with Crippen LogP contribution >= 0.6 is 11.6 Å². The lowest BCUT2D eigenvalue weighted by Gasteiger charge is -2.12. The zero-order valence-corrected chi connectivity index (χ0v) is 15.0. The third-order valence-corrected chi connectivity index (χ3v) is 3.67. The number of rotatable bonds is 4. The highest BCUT2D eigenvalue weighted by Crippen LogP contribution is 2.16. The summed E-state index contributed by atoms with van der Waals surface area (Å²) in [5, 5.41) is 18.1. The second-order valence-corrected chi connectivity index (χ2v) is 5.73. The third-order valence-electron chi connectivity index (χ3n) is 3.30. The van der Waals surface area contributed by atoms with Gasteiger partial charge in [0.2, 0.25) is 11.9 Å². The number of carboxylic acid groups (broad SMARTS) is 1. The molecule has 2 rings (SSSR count). The van der Waals surface area contributed by atoms with Gasteiger partial charge in [-0.3, -0.25) is 10.1 Å². The summed E-state index contributed by atoms with van der Waals surface area (Å²) in [5.41, 5.74) is 6.73. The molecule has 0 aliphatic heterocycles. The zero-order valence-electron chi connectivity index (χ0n) is 14.3. The molecular formula is C15H17ClF3N5O3. The molecule has 4 N–H and O–H groups in total. The normalized spacial score (nSPS) is 12.0. The van der Waals surface area contributed by atoms with Crippen molar-refractivity contribution >= 4 is 29.4 Å². The van der Waals surface area contributed by atoms with E-state index in [2.05, 4.69) is 15.5 Å².